The van der Waals surface area contributed by atoms with Crippen LogP contribution in [0.4, 0.5) is 0 Å². The molecular formula is C14H22N2O2S. The molecule has 1 amide bonds. The molecule has 0 aromatic carbocycles. The van der Waals surface area contributed by atoms with Crippen molar-refractivity contribution in [3.05, 3.63) is 16.3 Å². The van der Waals surface area contributed by atoms with Crippen molar-refractivity contribution in [3.63, 3.8) is 0 Å². The molecule has 1 fully saturated rings. The lowest BCUT2D eigenvalue weighted by Crippen LogP contribution is -2.38. The number of carbonyl (C=O) groups is 1. The topological polar surface area (TPSA) is 41.6 Å². The van der Waals surface area contributed by atoms with E-state index in [0.717, 1.165) is 49.0 Å². The van der Waals surface area contributed by atoms with E-state index in [1.165, 1.54) is 17.8 Å². The quantitative estimate of drug-likeness (QED) is 0.900. The minimum Gasteiger partial charge on any atom is -0.496 e. The number of methoxy groups -OCH3 is 1. The summed E-state index contributed by atoms with van der Waals surface area (Å²) in [5, 5.41) is 5.07. The molecule has 0 saturated carbocycles. The first-order chi connectivity index (χ1) is 9.24. The number of piperidine rings is 1. The Morgan fingerprint density at radius 1 is 1.53 bits per heavy atom. The Bertz CT molecular complexity index is 411. The van der Waals surface area contributed by atoms with Gasteiger partial charge < -0.3 is 15.0 Å². The summed E-state index contributed by atoms with van der Waals surface area (Å²) in [6, 6.07) is 1.83. The van der Waals surface area contributed by atoms with Crippen LogP contribution < -0.4 is 10.1 Å². The molecule has 0 radical (unpaired) electrons. The van der Waals surface area contributed by atoms with Gasteiger partial charge in [-0.2, -0.15) is 0 Å². The highest BCUT2D eigenvalue weighted by Gasteiger charge is 2.24. The van der Waals surface area contributed by atoms with Gasteiger partial charge >= 0.3 is 0 Å². The van der Waals surface area contributed by atoms with Gasteiger partial charge in [0, 0.05) is 24.5 Å². The van der Waals surface area contributed by atoms with E-state index in [0.29, 0.717) is 0 Å². The van der Waals surface area contributed by atoms with Gasteiger partial charge in [0.15, 0.2) is 0 Å². The van der Waals surface area contributed by atoms with Crippen molar-refractivity contribution in [3.8, 4) is 5.75 Å². The third kappa shape index (κ3) is 3.70. The molecule has 4 nitrogen and oxygen atoms in total. The van der Waals surface area contributed by atoms with Crippen molar-refractivity contribution in [2.75, 3.05) is 33.8 Å². The maximum Gasteiger partial charge on any atom is 0.264 e. The minimum atomic E-state index is 0.153. The van der Waals surface area contributed by atoms with Crippen molar-refractivity contribution < 1.29 is 9.53 Å². The zero-order valence-electron chi connectivity index (χ0n) is 11.6. The largest absolute Gasteiger partial charge is 0.496 e. The molecular weight excluding hydrogens is 260 g/mol. The molecule has 2 rings (SSSR count). The Balaban J connectivity index is 1.85. The molecule has 1 saturated heterocycles. The van der Waals surface area contributed by atoms with E-state index in [2.05, 4.69) is 5.32 Å². The second-order valence-corrected chi connectivity index (χ2v) is 5.89. The standard InChI is InChI=1S/C14H22N2O2S/c1-15-6-3-11-4-7-16(8-5-11)14(17)13-9-12(18-2)10-19-13/h9-11,15H,3-8H2,1-2H3. The Hall–Kier alpha value is -1.07. The lowest BCUT2D eigenvalue weighted by Gasteiger charge is -2.31. The highest BCUT2D eigenvalue weighted by Crippen LogP contribution is 2.25. The van der Waals surface area contributed by atoms with E-state index in [1.54, 1.807) is 7.11 Å². The van der Waals surface area contributed by atoms with Gasteiger partial charge in [-0.05, 0) is 38.8 Å². The summed E-state index contributed by atoms with van der Waals surface area (Å²) >= 11 is 1.46. The zero-order valence-corrected chi connectivity index (χ0v) is 12.5. The number of carbonyl (C=O) groups excluding carboxylic acids is 1. The molecule has 1 N–H and O–H groups in total. The Morgan fingerprint density at radius 3 is 2.84 bits per heavy atom. The first-order valence-corrected chi connectivity index (χ1v) is 7.69. The summed E-state index contributed by atoms with van der Waals surface area (Å²) in [7, 11) is 3.62. The normalized spacial score (nSPS) is 16.6. The number of amides is 1. The van der Waals surface area contributed by atoms with Crippen molar-refractivity contribution in [1.82, 2.24) is 10.2 Å². The average molecular weight is 282 g/mol. The molecule has 0 atom stereocenters. The van der Waals surface area contributed by atoms with E-state index < -0.39 is 0 Å². The lowest BCUT2D eigenvalue weighted by atomic mass is 9.93. The molecule has 1 aromatic heterocycles. The lowest BCUT2D eigenvalue weighted by molar-refractivity contribution is 0.0692. The Labute approximate surface area is 118 Å². The van der Waals surface area contributed by atoms with Crippen LogP contribution in [0, 0.1) is 5.92 Å². The Morgan fingerprint density at radius 2 is 2.26 bits per heavy atom. The maximum absolute atomic E-state index is 12.3. The summed E-state index contributed by atoms with van der Waals surface area (Å²) in [4.78, 5) is 15.1. The van der Waals surface area contributed by atoms with Crippen molar-refractivity contribution in [2.24, 2.45) is 5.92 Å². The first kappa shape index (κ1) is 14.3. The van der Waals surface area contributed by atoms with Gasteiger partial charge in [0.1, 0.15) is 5.75 Å². The zero-order chi connectivity index (χ0) is 13.7. The highest BCUT2D eigenvalue weighted by atomic mass is 32.1. The third-order valence-electron chi connectivity index (χ3n) is 3.73. The monoisotopic (exact) mass is 282 g/mol. The number of nitrogens with zero attached hydrogens (tertiary/aromatic N) is 1. The fourth-order valence-electron chi connectivity index (χ4n) is 2.47. The summed E-state index contributed by atoms with van der Waals surface area (Å²) in [6.07, 6.45) is 3.46. The van der Waals surface area contributed by atoms with Gasteiger partial charge in [-0.3, -0.25) is 4.79 Å². The second-order valence-electron chi connectivity index (χ2n) is 4.98. The first-order valence-electron chi connectivity index (χ1n) is 6.81. The fraction of sp³-hybridized carbons (Fsp3) is 0.643. The van der Waals surface area contributed by atoms with E-state index in [-0.39, 0.29) is 5.91 Å². The van der Waals surface area contributed by atoms with Gasteiger partial charge in [0.2, 0.25) is 0 Å². The van der Waals surface area contributed by atoms with Gasteiger partial charge in [-0.15, -0.1) is 11.3 Å². The van der Waals surface area contributed by atoms with Crippen LogP contribution in [0.5, 0.6) is 5.75 Å². The molecule has 19 heavy (non-hydrogen) atoms. The van der Waals surface area contributed by atoms with Gasteiger partial charge in [-0.1, -0.05) is 0 Å². The highest BCUT2D eigenvalue weighted by molar-refractivity contribution is 7.12. The number of nitrogens with one attached hydrogen (secondary N) is 1. The van der Waals surface area contributed by atoms with Crippen LogP contribution in [0.2, 0.25) is 0 Å². The van der Waals surface area contributed by atoms with Crippen LogP contribution in [0.1, 0.15) is 28.9 Å². The molecule has 1 aromatic rings. The number of hydrogen-bond donors (Lipinski definition) is 1. The maximum atomic E-state index is 12.3. The molecule has 5 heteroatoms. The predicted octanol–water partition coefficient (Wildman–Crippen LogP) is 2.22. The predicted molar refractivity (Wildman–Crippen MR) is 78.0 cm³/mol. The summed E-state index contributed by atoms with van der Waals surface area (Å²) < 4.78 is 5.13. The number of rotatable bonds is 5. The third-order valence-corrected chi connectivity index (χ3v) is 4.62. The van der Waals surface area contributed by atoms with Crippen LogP contribution in [-0.4, -0.2) is 44.6 Å². The van der Waals surface area contributed by atoms with E-state index >= 15 is 0 Å². The van der Waals surface area contributed by atoms with Crippen molar-refractivity contribution >= 4 is 17.2 Å². The van der Waals surface area contributed by atoms with Gasteiger partial charge in [0.05, 0.1) is 12.0 Å². The number of thiophene rings is 1. The molecule has 106 valence electrons. The average Bonchev–Trinajstić information content (AvgIpc) is 2.94. The number of hydrogen-bond acceptors (Lipinski definition) is 4. The van der Waals surface area contributed by atoms with E-state index in [4.69, 9.17) is 4.74 Å². The summed E-state index contributed by atoms with van der Waals surface area (Å²) in [5.41, 5.74) is 0. The van der Waals surface area contributed by atoms with Crippen molar-refractivity contribution in [2.45, 2.75) is 19.3 Å². The second kappa shape index (κ2) is 6.91. The molecule has 1 aliphatic heterocycles. The van der Waals surface area contributed by atoms with Crippen LogP contribution >= 0.6 is 11.3 Å². The minimum absolute atomic E-state index is 0.153. The molecule has 2 heterocycles. The van der Waals surface area contributed by atoms with E-state index in [9.17, 15) is 4.79 Å². The fourth-order valence-corrected chi connectivity index (χ4v) is 3.29. The van der Waals surface area contributed by atoms with Crippen LogP contribution in [-0.2, 0) is 0 Å². The van der Waals surface area contributed by atoms with Crippen molar-refractivity contribution in [1.29, 1.82) is 0 Å². The van der Waals surface area contributed by atoms with Crippen LogP contribution in [0.15, 0.2) is 11.4 Å². The number of ether oxygens (including phenoxy) is 1. The molecule has 0 unspecified atom stereocenters. The van der Waals surface area contributed by atoms with E-state index in [1.807, 2.05) is 23.4 Å². The number of likely N-dealkylation sites (tertiary alicyclic amines) is 1. The molecule has 1 aliphatic rings. The molecule has 0 bridgehead atoms. The van der Waals surface area contributed by atoms with Gasteiger partial charge in [0.25, 0.3) is 5.91 Å². The van der Waals surface area contributed by atoms with Crippen LogP contribution in [0.25, 0.3) is 0 Å². The molecule has 0 aliphatic carbocycles. The summed E-state index contributed by atoms with van der Waals surface area (Å²) in [5.74, 6) is 1.69. The van der Waals surface area contributed by atoms with Gasteiger partial charge in [-0.25, -0.2) is 0 Å². The van der Waals surface area contributed by atoms with Crippen LogP contribution in [0.3, 0.4) is 0 Å². The molecule has 0 spiro atoms. The summed E-state index contributed by atoms with van der Waals surface area (Å²) in [6.45, 7) is 2.83. The Kier molecular flexibility index (Phi) is 5.22. The smallest absolute Gasteiger partial charge is 0.264 e. The SMILES string of the molecule is CNCCC1CCN(C(=O)c2cc(OC)cs2)CC1.